The lowest BCUT2D eigenvalue weighted by atomic mass is 10.0. The number of guanidine groups is 1. The van der Waals surface area contributed by atoms with Gasteiger partial charge in [-0.25, -0.2) is 9.38 Å². The molecule has 4 nitrogen and oxygen atoms in total. The summed E-state index contributed by atoms with van der Waals surface area (Å²) >= 11 is 0. The zero-order chi connectivity index (χ0) is 10.8. The molecule has 0 aliphatic carbocycles. The molecule has 2 rings (SSSR count). The molecule has 1 aliphatic rings. The fourth-order valence-electron chi connectivity index (χ4n) is 1.52. The first kappa shape index (κ1) is 9.64. The highest BCUT2D eigenvalue weighted by Gasteiger charge is 2.21. The second kappa shape index (κ2) is 3.68. The minimum atomic E-state index is -0.380. The standard InChI is InChI=1S/C10H10FN3O/c11-7-3-1-2-6(4-7)8-5-9(15)14-10(12)13-8/h1-4,8H,5H2,(H3,12,13,14,15). The first-order valence-corrected chi connectivity index (χ1v) is 4.54. The van der Waals surface area contributed by atoms with E-state index in [4.69, 9.17) is 5.73 Å². The highest BCUT2D eigenvalue weighted by Crippen LogP contribution is 2.23. The summed E-state index contributed by atoms with van der Waals surface area (Å²) in [6, 6.07) is 5.64. The van der Waals surface area contributed by atoms with Crippen molar-refractivity contribution < 1.29 is 9.18 Å². The summed E-state index contributed by atoms with van der Waals surface area (Å²) in [7, 11) is 0. The van der Waals surface area contributed by atoms with Crippen LogP contribution in [0.2, 0.25) is 0 Å². The molecule has 0 radical (unpaired) electrons. The van der Waals surface area contributed by atoms with Crippen LogP contribution in [-0.2, 0) is 4.79 Å². The fourth-order valence-corrected chi connectivity index (χ4v) is 1.52. The molecule has 0 saturated carbocycles. The number of hydrogen-bond acceptors (Lipinski definition) is 3. The lowest BCUT2D eigenvalue weighted by Crippen LogP contribution is -2.41. The monoisotopic (exact) mass is 207 g/mol. The van der Waals surface area contributed by atoms with Gasteiger partial charge in [0.2, 0.25) is 5.91 Å². The Balaban J connectivity index is 2.31. The Hall–Kier alpha value is -1.91. The molecule has 1 aliphatic heterocycles. The van der Waals surface area contributed by atoms with Gasteiger partial charge in [-0.15, -0.1) is 0 Å². The number of nitrogens with two attached hydrogens (primary N) is 1. The molecule has 1 atom stereocenters. The molecular formula is C10H10FN3O. The van der Waals surface area contributed by atoms with Gasteiger partial charge in [-0.2, -0.15) is 0 Å². The number of carbonyl (C=O) groups is 1. The molecule has 78 valence electrons. The zero-order valence-corrected chi connectivity index (χ0v) is 7.90. The van der Waals surface area contributed by atoms with Crippen molar-refractivity contribution in [3.05, 3.63) is 35.6 Å². The van der Waals surface area contributed by atoms with Crippen LogP contribution in [0.25, 0.3) is 0 Å². The van der Waals surface area contributed by atoms with Crippen LogP contribution in [0.3, 0.4) is 0 Å². The first-order chi connectivity index (χ1) is 7.15. The largest absolute Gasteiger partial charge is 0.370 e. The molecule has 3 N–H and O–H groups in total. The molecule has 0 bridgehead atoms. The van der Waals surface area contributed by atoms with E-state index in [9.17, 15) is 9.18 Å². The summed E-state index contributed by atoms with van der Waals surface area (Å²) in [5.74, 6) is -0.454. The molecule has 1 amide bonds. The summed E-state index contributed by atoms with van der Waals surface area (Å²) in [6.45, 7) is 0. The minimum Gasteiger partial charge on any atom is -0.370 e. The Kier molecular flexibility index (Phi) is 2.37. The van der Waals surface area contributed by atoms with Crippen molar-refractivity contribution >= 4 is 11.9 Å². The van der Waals surface area contributed by atoms with E-state index in [1.807, 2.05) is 0 Å². The number of nitrogens with one attached hydrogen (secondary N) is 1. The molecule has 1 unspecified atom stereocenters. The van der Waals surface area contributed by atoms with Crippen LogP contribution in [0.15, 0.2) is 29.3 Å². The van der Waals surface area contributed by atoms with Gasteiger partial charge in [0, 0.05) is 0 Å². The fraction of sp³-hybridized carbons (Fsp3) is 0.200. The van der Waals surface area contributed by atoms with Crippen molar-refractivity contribution in [3.8, 4) is 0 Å². The van der Waals surface area contributed by atoms with E-state index < -0.39 is 0 Å². The van der Waals surface area contributed by atoms with Gasteiger partial charge in [0.15, 0.2) is 5.96 Å². The predicted octanol–water partition coefficient (Wildman–Crippen LogP) is 0.701. The Morgan fingerprint density at radius 1 is 1.53 bits per heavy atom. The molecule has 1 aromatic rings. The molecule has 1 aromatic carbocycles. The van der Waals surface area contributed by atoms with Crippen molar-refractivity contribution in [3.63, 3.8) is 0 Å². The van der Waals surface area contributed by atoms with Crippen molar-refractivity contribution in [2.24, 2.45) is 10.7 Å². The summed E-state index contributed by atoms with van der Waals surface area (Å²) in [4.78, 5) is 15.2. The predicted molar refractivity (Wildman–Crippen MR) is 53.5 cm³/mol. The molecule has 0 spiro atoms. The summed E-state index contributed by atoms with van der Waals surface area (Å²) in [5.41, 5.74) is 6.08. The van der Waals surface area contributed by atoms with Gasteiger partial charge in [0.1, 0.15) is 5.82 Å². The maximum Gasteiger partial charge on any atom is 0.229 e. The van der Waals surface area contributed by atoms with E-state index in [-0.39, 0.29) is 30.1 Å². The molecular weight excluding hydrogens is 197 g/mol. The Labute approximate surface area is 86.0 Å². The highest BCUT2D eigenvalue weighted by molar-refractivity contribution is 5.98. The quantitative estimate of drug-likeness (QED) is 0.711. The average molecular weight is 207 g/mol. The zero-order valence-electron chi connectivity index (χ0n) is 7.90. The molecule has 5 heteroatoms. The SMILES string of the molecule is NC1=NC(c2cccc(F)c2)CC(=O)N1. The maximum atomic E-state index is 12.9. The van der Waals surface area contributed by atoms with Crippen LogP contribution >= 0.6 is 0 Å². The number of benzene rings is 1. The normalized spacial score (nSPS) is 20.7. The number of halogens is 1. The van der Waals surface area contributed by atoms with Gasteiger partial charge < -0.3 is 5.73 Å². The lowest BCUT2D eigenvalue weighted by Gasteiger charge is -2.18. The number of rotatable bonds is 1. The van der Waals surface area contributed by atoms with E-state index in [0.29, 0.717) is 5.56 Å². The summed E-state index contributed by atoms with van der Waals surface area (Å²) < 4.78 is 12.9. The van der Waals surface area contributed by atoms with Crippen LogP contribution in [0.4, 0.5) is 4.39 Å². The second-order valence-corrected chi connectivity index (χ2v) is 3.34. The van der Waals surface area contributed by atoms with Gasteiger partial charge in [-0.1, -0.05) is 12.1 Å². The number of hydrogen-bond donors (Lipinski definition) is 2. The molecule has 0 saturated heterocycles. The molecule has 0 aromatic heterocycles. The maximum absolute atomic E-state index is 12.9. The summed E-state index contributed by atoms with van der Waals surface area (Å²) in [6.07, 6.45) is 0.199. The Morgan fingerprint density at radius 3 is 3.00 bits per heavy atom. The number of aliphatic imine (C=N–C) groups is 1. The van der Waals surface area contributed by atoms with Crippen LogP contribution in [0.1, 0.15) is 18.0 Å². The molecule has 1 heterocycles. The molecule has 0 fully saturated rings. The van der Waals surface area contributed by atoms with E-state index in [1.165, 1.54) is 12.1 Å². The smallest absolute Gasteiger partial charge is 0.229 e. The van der Waals surface area contributed by atoms with Crippen LogP contribution in [0, 0.1) is 5.82 Å². The number of nitrogens with zero attached hydrogens (tertiary/aromatic N) is 1. The number of amides is 1. The Bertz CT molecular complexity index is 430. The highest BCUT2D eigenvalue weighted by atomic mass is 19.1. The first-order valence-electron chi connectivity index (χ1n) is 4.54. The van der Waals surface area contributed by atoms with Crippen molar-refractivity contribution in [2.45, 2.75) is 12.5 Å². The van der Waals surface area contributed by atoms with E-state index in [0.717, 1.165) is 0 Å². The lowest BCUT2D eigenvalue weighted by molar-refractivity contribution is -0.120. The second-order valence-electron chi connectivity index (χ2n) is 3.34. The van der Waals surface area contributed by atoms with Crippen LogP contribution in [-0.4, -0.2) is 11.9 Å². The van der Waals surface area contributed by atoms with Crippen LogP contribution < -0.4 is 11.1 Å². The van der Waals surface area contributed by atoms with E-state index >= 15 is 0 Å². The van der Waals surface area contributed by atoms with Crippen molar-refractivity contribution in [2.75, 3.05) is 0 Å². The third-order valence-corrected chi connectivity index (χ3v) is 2.17. The van der Waals surface area contributed by atoms with Gasteiger partial charge >= 0.3 is 0 Å². The third kappa shape index (κ3) is 2.12. The van der Waals surface area contributed by atoms with Gasteiger partial charge in [-0.3, -0.25) is 10.1 Å². The van der Waals surface area contributed by atoms with E-state index in [2.05, 4.69) is 10.3 Å². The topological polar surface area (TPSA) is 67.5 Å². The van der Waals surface area contributed by atoms with Crippen LogP contribution in [0.5, 0.6) is 0 Å². The van der Waals surface area contributed by atoms with E-state index in [1.54, 1.807) is 12.1 Å². The average Bonchev–Trinajstić information content (AvgIpc) is 2.16. The third-order valence-electron chi connectivity index (χ3n) is 2.17. The van der Waals surface area contributed by atoms with Crippen molar-refractivity contribution in [1.29, 1.82) is 0 Å². The van der Waals surface area contributed by atoms with Crippen molar-refractivity contribution in [1.82, 2.24) is 5.32 Å². The summed E-state index contributed by atoms with van der Waals surface area (Å²) in [5, 5.41) is 2.39. The van der Waals surface area contributed by atoms with Gasteiger partial charge in [-0.05, 0) is 17.7 Å². The molecule has 15 heavy (non-hydrogen) atoms. The number of carbonyl (C=O) groups excluding carboxylic acids is 1. The van der Waals surface area contributed by atoms with Gasteiger partial charge in [0.05, 0.1) is 12.5 Å². The van der Waals surface area contributed by atoms with Gasteiger partial charge in [0.25, 0.3) is 0 Å². The Morgan fingerprint density at radius 2 is 2.33 bits per heavy atom. The minimum absolute atomic E-state index is 0.0838.